The van der Waals surface area contributed by atoms with Gasteiger partial charge in [-0.15, -0.1) is 0 Å². The molecule has 9 rings (SSSR count). The van der Waals surface area contributed by atoms with Gasteiger partial charge < -0.3 is 26.6 Å². The maximum Gasteiger partial charge on any atom is 0.411 e. The van der Waals surface area contributed by atoms with Gasteiger partial charge in [0.15, 0.2) is 0 Å². The first-order valence-corrected chi connectivity index (χ1v) is 21.0. The highest BCUT2D eigenvalue weighted by molar-refractivity contribution is 6.00. The van der Waals surface area contributed by atoms with Crippen molar-refractivity contribution in [2.45, 2.75) is 103 Å². The molecule has 6 amide bonds. The lowest BCUT2D eigenvalue weighted by Crippen LogP contribution is -2.73. The summed E-state index contributed by atoms with van der Waals surface area (Å²) in [5.41, 5.74) is 11.5. The van der Waals surface area contributed by atoms with Gasteiger partial charge in [0.05, 0.1) is 12.3 Å². The number of hydrogen-bond acceptors (Lipinski definition) is 9. The van der Waals surface area contributed by atoms with E-state index in [2.05, 4.69) is 15.5 Å². The van der Waals surface area contributed by atoms with Gasteiger partial charge in [-0.25, -0.2) is 9.59 Å². The maximum absolute atomic E-state index is 15.3. The molecule has 4 unspecified atom stereocenters. The fourth-order valence-electron chi connectivity index (χ4n) is 11.9. The Morgan fingerprint density at radius 2 is 1.07 bits per heavy atom. The molecule has 2 fully saturated rings. The largest absolute Gasteiger partial charge is 0.465 e. The highest BCUT2D eigenvalue weighted by Crippen LogP contribution is 2.59. The molecule has 3 aromatic rings. The van der Waals surface area contributed by atoms with E-state index in [9.17, 15) is 29.4 Å². The number of anilines is 1. The smallest absolute Gasteiger partial charge is 0.411 e. The molecule has 0 saturated carbocycles. The number of nitrogens with one attached hydrogen (secondary N) is 2. The van der Waals surface area contributed by atoms with Crippen molar-refractivity contribution in [2.75, 3.05) is 18.0 Å². The van der Waals surface area contributed by atoms with Crippen LogP contribution in [0.25, 0.3) is 0 Å². The number of carboxylic acid groups (broad SMARTS) is 2. The normalized spacial score (nSPS) is 29.3. The van der Waals surface area contributed by atoms with Crippen LogP contribution in [0.5, 0.6) is 0 Å². The quantitative estimate of drug-likeness (QED) is 0.155. The van der Waals surface area contributed by atoms with Crippen LogP contribution in [0, 0.1) is 36.5 Å². The van der Waals surface area contributed by atoms with Gasteiger partial charge in [-0.3, -0.25) is 39.6 Å². The van der Waals surface area contributed by atoms with Crippen molar-refractivity contribution in [2.24, 2.45) is 34.1 Å². The molecule has 2 heterocycles. The van der Waals surface area contributed by atoms with Crippen LogP contribution in [0.1, 0.15) is 86.8 Å². The molecule has 3 aromatic carbocycles. The molecule has 15 heteroatoms. The first-order chi connectivity index (χ1) is 28.8. The molecule has 0 aromatic heterocycles. The van der Waals surface area contributed by atoms with Gasteiger partial charge in [0.25, 0.3) is 11.8 Å². The lowest BCUT2D eigenvalue weighted by Gasteiger charge is -2.59. The Balaban J connectivity index is 1.53. The van der Waals surface area contributed by atoms with Crippen molar-refractivity contribution in [1.29, 1.82) is 0 Å². The number of carbonyl (C=O) groups excluding carboxylic acids is 4. The second kappa shape index (κ2) is 15.6. The van der Waals surface area contributed by atoms with Crippen molar-refractivity contribution >= 4 is 41.5 Å². The average Bonchev–Trinajstić information content (AvgIpc) is 3.77. The molecule has 61 heavy (non-hydrogen) atoms. The van der Waals surface area contributed by atoms with E-state index >= 15 is 9.59 Å². The number of fused-ring (bicyclic) bond motifs is 8. The minimum absolute atomic E-state index is 0.223. The fourth-order valence-corrected chi connectivity index (χ4v) is 11.9. The van der Waals surface area contributed by atoms with Crippen LogP contribution < -0.4 is 27.0 Å². The van der Waals surface area contributed by atoms with Gasteiger partial charge in [-0.2, -0.15) is 0 Å². The average molecular weight is 836 g/mol. The number of benzene rings is 3. The predicted octanol–water partition coefficient (Wildman–Crippen LogP) is 4.70. The Hall–Kier alpha value is -5.80. The summed E-state index contributed by atoms with van der Waals surface area (Å²) in [5.74, 6) is -4.78. The lowest BCUT2D eigenvalue weighted by atomic mass is 9.58. The number of rotatable bonds is 11. The summed E-state index contributed by atoms with van der Waals surface area (Å²) >= 11 is 0. The monoisotopic (exact) mass is 835 g/mol. The Bertz CT molecular complexity index is 2150. The Morgan fingerprint density at radius 3 is 1.43 bits per heavy atom. The van der Waals surface area contributed by atoms with Gasteiger partial charge in [0.2, 0.25) is 11.8 Å². The second-order valence-electron chi connectivity index (χ2n) is 18.0. The summed E-state index contributed by atoms with van der Waals surface area (Å²) in [6, 6.07) is 20.8. The topological polar surface area (TPSA) is 229 Å². The highest BCUT2D eigenvalue weighted by Gasteiger charge is 2.68. The number of amides is 6. The molecule has 8 N–H and O–H groups in total. The summed E-state index contributed by atoms with van der Waals surface area (Å²) in [6.07, 6.45) is -1.89. The molecule has 4 aliphatic carbocycles. The van der Waals surface area contributed by atoms with E-state index in [-0.39, 0.29) is 12.8 Å². The van der Waals surface area contributed by atoms with Crippen LogP contribution in [-0.2, 0) is 43.1 Å². The number of nitrogens with two attached hydrogens (primary N) is 2. The lowest BCUT2D eigenvalue weighted by molar-refractivity contribution is -0.157. The number of imide groups is 2. The van der Waals surface area contributed by atoms with Gasteiger partial charge in [0.1, 0.15) is 11.1 Å². The fraction of sp³-hybridized carbons (Fsp3) is 0.478. The van der Waals surface area contributed by atoms with Crippen molar-refractivity contribution < 1.29 is 39.0 Å². The maximum atomic E-state index is 15.3. The SMILES string of the molecule is Cc1cccc(N(C2CCCN2[C@]2(C(=O)NC(=O)O)c3ccc(cc3)C[C@]2(C)C(C)C(N)=O)C2CCCN2[C@]2(C(=O)NC(=O)O)c3ccc(cc3)C[C@]2(C)C(C)C(N)=O)c1C. The van der Waals surface area contributed by atoms with E-state index in [0.29, 0.717) is 49.9 Å². The van der Waals surface area contributed by atoms with Crippen LogP contribution in [0.15, 0.2) is 66.7 Å². The number of likely N-dealkylation sites (tertiary alicyclic amines) is 2. The third-order valence-corrected chi connectivity index (χ3v) is 15.2. The zero-order valence-corrected chi connectivity index (χ0v) is 35.7. The van der Waals surface area contributed by atoms with Crippen molar-refractivity contribution in [1.82, 2.24) is 20.4 Å². The van der Waals surface area contributed by atoms with Gasteiger partial charge in [-0.1, -0.05) is 88.4 Å². The first-order valence-electron chi connectivity index (χ1n) is 21.0. The second-order valence-corrected chi connectivity index (χ2v) is 18.0. The third kappa shape index (κ3) is 6.38. The molecule has 8 atom stereocenters. The highest BCUT2D eigenvalue weighted by atomic mass is 16.4. The number of nitrogens with zero attached hydrogens (tertiary/aromatic N) is 3. The zero-order chi connectivity index (χ0) is 44.4. The Morgan fingerprint density at radius 1 is 0.672 bits per heavy atom. The van der Waals surface area contributed by atoms with Crippen LogP contribution in [0.4, 0.5) is 15.3 Å². The van der Waals surface area contributed by atoms with Crippen molar-refractivity contribution in [3.8, 4) is 0 Å². The van der Waals surface area contributed by atoms with Gasteiger partial charge >= 0.3 is 12.2 Å². The van der Waals surface area contributed by atoms with Crippen LogP contribution in [0.3, 0.4) is 0 Å². The van der Waals surface area contributed by atoms with E-state index in [1.54, 1.807) is 13.8 Å². The predicted molar refractivity (Wildman–Crippen MR) is 227 cm³/mol. The summed E-state index contributed by atoms with van der Waals surface area (Å²) in [7, 11) is 0. The van der Waals surface area contributed by atoms with E-state index in [1.165, 1.54) is 0 Å². The van der Waals surface area contributed by atoms with Crippen molar-refractivity contribution in [3.63, 3.8) is 0 Å². The summed E-state index contributed by atoms with van der Waals surface area (Å²) in [5, 5.41) is 24.9. The summed E-state index contributed by atoms with van der Waals surface area (Å²) < 4.78 is 0. The summed E-state index contributed by atoms with van der Waals surface area (Å²) in [4.78, 5) is 88.8. The van der Waals surface area contributed by atoms with E-state index in [1.807, 2.05) is 104 Å². The van der Waals surface area contributed by atoms with Crippen LogP contribution in [0.2, 0.25) is 0 Å². The summed E-state index contributed by atoms with van der Waals surface area (Å²) in [6.45, 7) is 11.7. The van der Waals surface area contributed by atoms with Crippen molar-refractivity contribution in [3.05, 3.63) is 100 Å². The minimum atomic E-state index is -1.78. The molecule has 6 aliphatic rings. The number of hydrogen-bond donors (Lipinski definition) is 6. The zero-order valence-electron chi connectivity index (χ0n) is 35.7. The number of aryl methyl sites for hydroxylation is 1. The van der Waals surface area contributed by atoms with Crippen LogP contribution in [-0.4, -0.2) is 81.2 Å². The third-order valence-electron chi connectivity index (χ3n) is 15.2. The van der Waals surface area contributed by atoms with E-state index in [4.69, 9.17) is 11.5 Å². The molecule has 0 spiro atoms. The number of carbonyl (C=O) groups is 6. The molecule has 0 radical (unpaired) electrons. The Kier molecular flexibility index (Phi) is 11.1. The molecule has 2 saturated heterocycles. The first kappa shape index (κ1) is 43.3. The minimum Gasteiger partial charge on any atom is -0.465 e. The van der Waals surface area contributed by atoms with E-state index < -0.39 is 81.9 Å². The molecular weight excluding hydrogens is 779 g/mol. The van der Waals surface area contributed by atoms with E-state index in [0.717, 1.165) is 27.9 Å². The molecule has 324 valence electrons. The molecule has 4 bridgehead atoms. The van der Waals surface area contributed by atoms with Gasteiger partial charge in [-0.05, 0) is 91.8 Å². The molecule has 2 aliphatic heterocycles. The standard InChI is InChI=1S/C46H57N7O8/c1-26-10-7-11-34(27(26)2)53(35-12-8-22-51(35)45(39(56)49-41(58)59)32-18-14-30(15-19-32)24-43(45,5)28(3)37(47)54)36-13-9-23-52(36)46(40(57)50-42(60)61)33-20-16-31(17-21-33)25-44(46,6)29(4)38(48)55/h7,10-11,14-21,28-29,35-36H,8-9,12-13,22-25H2,1-6H3,(H2,47,54)(H2,48,55)(H,49,56)(H,50,57)(H,58,59)(H,60,61)/t28?,29?,35?,36?,43-,44-,45+,46+/m1/s1. The number of primary amides is 2. The Labute approximate surface area is 355 Å². The molecular formula is C46H57N7O8. The molecule has 15 nitrogen and oxygen atoms in total. The van der Waals surface area contributed by atoms with Crippen LogP contribution >= 0.6 is 0 Å². The van der Waals surface area contributed by atoms with Gasteiger partial charge in [0, 0.05) is 41.4 Å².